The van der Waals surface area contributed by atoms with Gasteiger partial charge < -0.3 is 15.5 Å². The largest absolute Gasteiger partial charge is 0.397 e. The normalized spacial score (nSPS) is 17.8. The lowest BCUT2D eigenvalue weighted by Gasteiger charge is -2.36. The average Bonchev–Trinajstić information content (AvgIpc) is 2.30. The van der Waals surface area contributed by atoms with E-state index in [0.717, 1.165) is 38.4 Å². The average molecular weight is 219 g/mol. The van der Waals surface area contributed by atoms with Crippen LogP contribution in [0, 0.1) is 6.92 Å². The van der Waals surface area contributed by atoms with E-state index in [1.165, 1.54) is 11.3 Å². The summed E-state index contributed by atoms with van der Waals surface area (Å²) in [5.41, 5.74) is 9.49. The minimum Gasteiger partial charge on any atom is -0.397 e. The van der Waals surface area contributed by atoms with Crippen LogP contribution in [0.15, 0.2) is 18.2 Å². The van der Waals surface area contributed by atoms with E-state index in [9.17, 15) is 0 Å². The second-order valence-corrected chi connectivity index (χ2v) is 4.43. The first kappa shape index (κ1) is 11.3. The molecule has 0 aromatic heterocycles. The van der Waals surface area contributed by atoms with Crippen molar-refractivity contribution in [3.63, 3.8) is 0 Å². The standard InChI is InChI=1S/C13H21N3/c1-3-15-7-9-16(10-8-15)13-11(2)5-4-6-12(13)14/h4-6H,3,7-10,14H2,1-2H3. The van der Waals surface area contributed by atoms with Crippen LogP contribution >= 0.6 is 0 Å². The third-order valence-electron chi connectivity index (χ3n) is 3.40. The molecule has 1 aromatic carbocycles. The van der Waals surface area contributed by atoms with Gasteiger partial charge in [-0.25, -0.2) is 0 Å². The van der Waals surface area contributed by atoms with Gasteiger partial charge in [0.2, 0.25) is 0 Å². The maximum absolute atomic E-state index is 6.06. The van der Waals surface area contributed by atoms with E-state index >= 15 is 0 Å². The van der Waals surface area contributed by atoms with Gasteiger partial charge in [-0.15, -0.1) is 0 Å². The number of nitrogens with two attached hydrogens (primary N) is 1. The molecule has 2 N–H and O–H groups in total. The van der Waals surface area contributed by atoms with Gasteiger partial charge in [0, 0.05) is 26.2 Å². The van der Waals surface area contributed by atoms with Crippen LogP contribution in [0.25, 0.3) is 0 Å². The molecule has 3 heteroatoms. The predicted octanol–water partition coefficient (Wildman–Crippen LogP) is 1.72. The fourth-order valence-corrected chi connectivity index (χ4v) is 2.40. The molecule has 1 aliphatic rings. The zero-order valence-electron chi connectivity index (χ0n) is 10.2. The molecule has 1 aliphatic heterocycles. The smallest absolute Gasteiger partial charge is 0.0630 e. The molecule has 0 saturated carbocycles. The number of nitrogen functional groups attached to an aromatic ring is 1. The summed E-state index contributed by atoms with van der Waals surface area (Å²) in [6.45, 7) is 9.97. The Hall–Kier alpha value is -1.22. The molecule has 0 unspecified atom stereocenters. The first-order valence-electron chi connectivity index (χ1n) is 6.04. The summed E-state index contributed by atoms with van der Waals surface area (Å²) in [6.07, 6.45) is 0. The van der Waals surface area contributed by atoms with Crippen LogP contribution in [0.2, 0.25) is 0 Å². The summed E-state index contributed by atoms with van der Waals surface area (Å²) in [5.74, 6) is 0. The van der Waals surface area contributed by atoms with Crippen molar-refractivity contribution in [1.29, 1.82) is 0 Å². The van der Waals surface area contributed by atoms with Crippen LogP contribution in [0.4, 0.5) is 11.4 Å². The van der Waals surface area contributed by atoms with Crippen molar-refractivity contribution in [2.45, 2.75) is 13.8 Å². The lowest BCUT2D eigenvalue weighted by Crippen LogP contribution is -2.46. The first-order chi connectivity index (χ1) is 7.72. The molecule has 0 atom stereocenters. The van der Waals surface area contributed by atoms with Crippen molar-refractivity contribution in [2.75, 3.05) is 43.4 Å². The van der Waals surface area contributed by atoms with Gasteiger partial charge in [0.05, 0.1) is 11.4 Å². The number of hydrogen-bond donors (Lipinski definition) is 1. The molecule has 2 rings (SSSR count). The lowest BCUT2D eigenvalue weighted by atomic mass is 10.1. The Morgan fingerprint density at radius 1 is 1.19 bits per heavy atom. The summed E-state index contributed by atoms with van der Waals surface area (Å²) in [6, 6.07) is 6.16. The molecule has 16 heavy (non-hydrogen) atoms. The highest BCUT2D eigenvalue weighted by atomic mass is 15.3. The molecule has 3 nitrogen and oxygen atoms in total. The number of piperazine rings is 1. The molecule has 0 spiro atoms. The monoisotopic (exact) mass is 219 g/mol. The van der Waals surface area contributed by atoms with Crippen LogP contribution < -0.4 is 10.6 Å². The molecule has 0 radical (unpaired) electrons. The van der Waals surface area contributed by atoms with Crippen molar-refractivity contribution in [3.05, 3.63) is 23.8 Å². The minimum atomic E-state index is 0.907. The van der Waals surface area contributed by atoms with Crippen molar-refractivity contribution in [1.82, 2.24) is 4.90 Å². The van der Waals surface area contributed by atoms with E-state index in [1.54, 1.807) is 0 Å². The number of benzene rings is 1. The number of anilines is 2. The maximum atomic E-state index is 6.06. The molecular weight excluding hydrogens is 198 g/mol. The first-order valence-corrected chi connectivity index (χ1v) is 6.04. The topological polar surface area (TPSA) is 32.5 Å². The number of aryl methyl sites for hydroxylation is 1. The summed E-state index contributed by atoms with van der Waals surface area (Å²) in [7, 11) is 0. The summed E-state index contributed by atoms with van der Waals surface area (Å²) >= 11 is 0. The predicted molar refractivity (Wildman–Crippen MR) is 69.9 cm³/mol. The van der Waals surface area contributed by atoms with Gasteiger partial charge in [-0.1, -0.05) is 19.1 Å². The van der Waals surface area contributed by atoms with Gasteiger partial charge in [-0.3, -0.25) is 0 Å². The van der Waals surface area contributed by atoms with Crippen molar-refractivity contribution >= 4 is 11.4 Å². The number of nitrogens with zero attached hydrogens (tertiary/aromatic N) is 2. The Morgan fingerprint density at radius 3 is 2.44 bits per heavy atom. The SMILES string of the molecule is CCN1CCN(c2c(C)cccc2N)CC1. The van der Waals surface area contributed by atoms with Crippen LogP contribution in [0.1, 0.15) is 12.5 Å². The van der Waals surface area contributed by atoms with Crippen molar-refractivity contribution in [2.24, 2.45) is 0 Å². The Labute approximate surface area is 97.8 Å². The fraction of sp³-hybridized carbons (Fsp3) is 0.538. The van der Waals surface area contributed by atoms with Gasteiger partial charge in [-0.05, 0) is 25.1 Å². The molecule has 88 valence electrons. The highest BCUT2D eigenvalue weighted by molar-refractivity contribution is 5.71. The van der Waals surface area contributed by atoms with E-state index in [-0.39, 0.29) is 0 Å². The number of hydrogen-bond acceptors (Lipinski definition) is 3. The van der Waals surface area contributed by atoms with E-state index < -0.39 is 0 Å². The Kier molecular flexibility index (Phi) is 3.34. The highest BCUT2D eigenvalue weighted by Crippen LogP contribution is 2.27. The zero-order chi connectivity index (χ0) is 11.5. The van der Waals surface area contributed by atoms with E-state index in [0.29, 0.717) is 0 Å². The Bertz CT molecular complexity index is 334. The molecule has 0 aliphatic carbocycles. The fourth-order valence-electron chi connectivity index (χ4n) is 2.40. The number of rotatable bonds is 2. The van der Waals surface area contributed by atoms with Crippen LogP contribution in [-0.4, -0.2) is 37.6 Å². The zero-order valence-corrected chi connectivity index (χ0v) is 10.2. The Balaban J connectivity index is 2.14. The molecule has 0 bridgehead atoms. The molecule has 1 heterocycles. The second kappa shape index (κ2) is 4.74. The van der Waals surface area contributed by atoms with Crippen molar-refractivity contribution < 1.29 is 0 Å². The molecule has 0 amide bonds. The molecule has 1 saturated heterocycles. The second-order valence-electron chi connectivity index (χ2n) is 4.43. The van der Waals surface area contributed by atoms with Crippen LogP contribution in [0.3, 0.4) is 0 Å². The van der Waals surface area contributed by atoms with E-state index in [2.05, 4.69) is 29.7 Å². The summed E-state index contributed by atoms with van der Waals surface area (Å²) < 4.78 is 0. The number of para-hydroxylation sites is 1. The van der Waals surface area contributed by atoms with Gasteiger partial charge in [0.1, 0.15) is 0 Å². The Morgan fingerprint density at radius 2 is 1.88 bits per heavy atom. The van der Waals surface area contributed by atoms with Gasteiger partial charge in [0.25, 0.3) is 0 Å². The highest BCUT2D eigenvalue weighted by Gasteiger charge is 2.18. The lowest BCUT2D eigenvalue weighted by molar-refractivity contribution is 0.271. The summed E-state index contributed by atoms with van der Waals surface area (Å²) in [4.78, 5) is 4.89. The maximum Gasteiger partial charge on any atom is 0.0630 e. The quantitative estimate of drug-likeness (QED) is 0.769. The number of likely N-dealkylation sites (N-methyl/N-ethyl adjacent to an activating group) is 1. The van der Waals surface area contributed by atoms with Crippen LogP contribution in [-0.2, 0) is 0 Å². The van der Waals surface area contributed by atoms with Crippen LogP contribution in [0.5, 0.6) is 0 Å². The minimum absolute atomic E-state index is 0.907. The molecule has 1 fully saturated rings. The van der Waals surface area contributed by atoms with Crippen molar-refractivity contribution in [3.8, 4) is 0 Å². The third kappa shape index (κ3) is 2.14. The van der Waals surface area contributed by atoms with Gasteiger partial charge in [-0.2, -0.15) is 0 Å². The van der Waals surface area contributed by atoms with E-state index in [1.807, 2.05) is 12.1 Å². The summed E-state index contributed by atoms with van der Waals surface area (Å²) in [5, 5.41) is 0. The van der Waals surface area contributed by atoms with Gasteiger partial charge in [0.15, 0.2) is 0 Å². The van der Waals surface area contributed by atoms with Gasteiger partial charge >= 0.3 is 0 Å². The molecule has 1 aromatic rings. The van der Waals surface area contributed by atoms with E-state index in [4.69, 9.17) is 5.73 Å². The molecular formula is C13H21N3. The third-order valence-corrected chi connectivity index (χ3v) is 3.40.